The topological polar surface area (TPSA) is 38.3 Å². The lowest BCUT2D eigenvalue weighted by atomic mass is 10.5. The highest BCUT2D eigenvalue weighted by Gasteiger charge is 1.98. The second kappa shape index (κ2) is 8.17. The number of carbonyl (C=O) groups is 1. The van der Waals surface area contributed by atoms with Crippen molar-refractivity contribution >= 4 is 29.5 Å². The molecule has 0 aromatic carbocycles. The highest BCUT2D eigenvalue weighted by atomic mass is 35.5. The fraction of sp³-hybridized carbons (Fsp3) is 0.833. The smallest absolute Gasteiger partial charge is 0.306 e. The van der Waals surface area contributed by atoms with Gasteiger partial charge in [0, 0.05) is 18.2 Å². The van der Waals surface area contributed by atoms with E-state index in [0.717, 1.165) is 12.3 Å². The molecule has 0 saturated heterocycles. The Hall–Kier alpha value is 0.0700. The van der Waals surface area contributed by atoms with Crippen LogP contribution in [-0.4, -0.2) is 31.3 Å². The van der Waals surface area contributed by atoms with E-state index < -0.39 is 0 Å². The van der Waals surface area contributed by atoms with Gasteiger partial charge in [-0.05, 0) is 0 Å². The lowest BCUT2D eigenvalue weighted by Crippen LogP contribution is -2.09. The highest BCUT2D eigenvalue weighted by molar-refractivity contribution is 7.97. The largest absolute Gasteiger partial charge is 0.469 e. The number of alkyl halides is 1. The molecule has 11 heavy (non-hydrogen) atoms. The first kappa shape index (κ1) is 11.1. The van der Waals surface area contributed by atoms with Crippen LogP contribution in [0.3, 0.4) is 0 Å². The van der Waals surface area contributed by atoms with E-state index in [0.29, 0.717) is 12.3 Å². The molecule has 0 bridgehead atoms. The summed E-state index contributed by atoms with van der Waals surface area (Å²) in [6.45, 7) is 0.757. The minimum atomic E-state index is -0.176. The second-order valence-electron chi connectivity index (χ2n) is 1.76. The Balaban J connectivity index is 2.95. The molecule has 0 amide bonds. The molecule has 0 aliphatic heterocycles. The van der Waals surface area contributed by atoms with E-state index in [1.807, 2.05) is 0 Å². The van der Waals surface area contributed by atoms with Gasteiger partial charge in [0.25, 0.3) is 0 Å². The summed E-state index contributed by atoms with van der Waals surface area (Å²) < 4.78 is 7.44. The molecule has 0 spiro atoms. The van der Waals surface area contributed by atoms with Crippen molar-refractivity contribution in [2.75, 3.05) is 25.3 Å². The maximum absolute atomic E-state index is 10.6. The van der Waals surface area contributed by atoms with Crippen molar-refractivity contribution in [2.45, 2.75) is 6.42 Å². The van der Waals surface area contributed by atoms with Crippen LogP contribution >= 0.6 is 23.5 Å². The molecule has 0 unspecified atom stereocenters. The molecule has 0 heterocycles. The number of hydrogen-bond donors (Lipinski definition) is 1. The molecule has 0 aliphatic rings. The predicted octanol–water partition coefficient (Wildman–Crippen LogP) is 1.03. The normalized spacial score (nSPS) is 9.64. The van der Waals surface area contributed by atoms with Crippen LogP contribution < -0.4 is 4.72 Å². The van der Waals surface area contributed by atoms with E-state index in [4.69, 9.17) is 11.6 Å². The monoisotopic (exact) mass is 197 g/mol. The van der Waals surface area contributed by atoms with Gasteiger partial charge < -0.3 is 4.74 Å². The summed E-state index contributed by atoms with van der Waals surface area (Å²) in [7, 11) is 1.39. The van der Waals surface area contributed by atoms with Gasteiger partial charge >= 0.3 is 5.97 Å². The van der Waals surface area contributed by atoms with Crippen LogP contribution in [0.1, 0.15) is 6.42 Å². The fourth-order valence-corrected chi connectivity index (χ4v) is 1.29. The number of halogens is 1. The van der Waals surface area contributed by atoms with Crippen LogP contribution in [0, 0.1) is 0 Å². The number of esters is 1. The third-order valence-corrected chi connectivity index (χ3v) is 1.94. The van der Waals surface area contributed by atoms with Gasteiger partial charge in [0.2, 0.25) is 0 Å². The van der Waals surface area contributed by atoms with Crippen molar-refractivity contribution in [2.24, 2.45) is 0 Å². The molecule has 0 rings (SSSR count). The molecular formula is C6H12ClNO2S. The summed E-state index contributed by atoms with van der Waals surface area (Å²) >= 11 is 6.89. The van der Waals surface area contributed by atoms with Gasteiger partial charge in [-0.3, -0.25) is 9.52 Å². The van der Waals surface area contributed by atoms with E-state index in [1.165, 1.54) is 19.1 Å². The van der Waals surface area contributed by atoms with Crippen LogP contribution in [0.2, 0.25) is 0 Å². The van der Waals surface area contributed by atoms with Crippen molar-refractivity contribution in [3.8, 4) is 0 Å². The van der Waals surface area contributed by atoms with Crippen LogP contribution in [-0.2, 0) is 9.53 Å². The maximum atomic E-state index is 10.6. The first-order valence-electron chi connectivity index (χ1n) is 3.28. The average Bonchev–Trinajstić information content (AvgIpc) is 2.04. The first-order valence-corrected chi connectivity index (χ1v) is 4.80. The molecule has 0 aliphatic carbocycles. The minimum Gasteiger partial charge on any atom is -0.469 e. The van der Waals surface area contributed by atoms with Gasteiger partial charge in [-0.25, -0.2) is 0 Å². The summed E-state index contributed by atoms with van der Waals surface area (Å²) in [6, 6.07) is 0. The Morgan fingerprint density at radius 3 is 3.00 bits per heavy atom. The molecular weight excluding hydrogens is 186 g/mol. The van der Waals surface area contributed by atoms with Crippen molar-refractivity contribution in [3.63, 3.8) is 0 Å². The Morgan fingerprint density at radius 1 is 1.73 bits per heavy atom. The lowest BCUT2D eigenvalue weighted by Gasteiger charge is -1.99. The molecule has 5 heteroatoms. The zero-order valence-corrected chi connectivity index (χ0v) is 8.00. The van der Waals surface area contributed by atoms with Crippen LogP contribution in [0.5, 0.6) is 0 Å². The van der Waals surface area contributed by atoms with Crippen molar-refractivity contribution in [1.29, 1.82) is 0 Å². The zero-order chi connectivity index (χ0) is 8.53. The van der Waals surface area contributed by atoms with Gasteiger partial charge in [-0.1, -0.05) is 11.9 Å². The molecule has 0 fully saturated rings. The molecule has 3 nitrogen and oxygen atoms in total. The van der Waals surface area contributed by atoms with Gasteiger partial charge in [-0.2, -0.15) is 0 Å². The summed E-state index contributed by atoms with van der Waals surface area (Å²) in [4.78, 5) is 10.6. The number of nitrogens with one attached hydrogen (secondary N) is 1. The molecule has 66 valence electrons. The molecule has 1 N–H and O–H groups in total. The standard InChI is InChI=1S/C6H12ClNO2S/c1-10-6(9)2-5-11-8-4-3-7/h8H,2-5H2,1H3. The number of hydrogen-bond acceptors (Lipinski definition) is 4. The quantitative estimate of drug-likeness (QED) is 0.299. The van der Waals surface area contributed by atoms with E-state index in [2.05, 4.69) is 9.46 Å². The zero-order valence-electron chi connectivity index (χ0n) is 6.43. The molecule has 0 radical (unpaired) electrons. The number of rotatable bonds is 6. The minimum absolute atomic E-state index is 0.176. The predicted molar refractivity (Wildman–Crippen MR) is 47.8 cm³/mol. The van der Waals surface area contributed by atoms with E-state index >= 15 is 0 Å². The van der Waals surface area contributed by atoms with Gasteiger partial charge in [-0.15, -0.1) is 11.6 Å². The van der Waals surface area contributed by atoms with Crippen LogP contribution in [0.15, 0.2) is 0 Å². The molecule has 0 saturated carbocycles. The summed E-state index contributed by atoms with van der Waals surface area (Å²) in [6.07, 6.45) is 0.441. The fourth-order valence-electron chi connectivity index (χ4n) is 0.419. The number of ether oxygens (including phenoxy) is 1. The van der Waals surface area contributed by atoms with Gasteiger partial charge in [0.15, 0.2) is 0 Å². The third kappa shape index (κ3) is 7.97. The van der Waals surface area contributed by atoms with Crippen molar-refractivity contribution < 1.29 is 9.53 Å². The Morgan fingerprint density at radius 2 is 2.45 bits per heavy atom. The van der Waals surface area contributed by atoms with E-state index in [9.17, 15) is 4.79 Å². The second-order valence-corrected chi connectivity index (χ2v) is 3.12. The highest BCUT2D eigenvalue weighted by Crippen LogP contribution is 1.97. The van der Waals surface area contributed by atoms with Crippen LogP contribution in [0.4, 0.5) is 0 Å². The SMILES string of the molecule is COC(=O)CCSNCCCl. The van der Waals surface area contributed by atoms with Crippen molar-refractivity contribution in [1.82, 2.24) is 4.72 Å². The number of methoxy groups -OCH3 is 1. The lowest BCUT2D eigenvalue weighted by molar-refractivity contribution is -0.140. The van der Waals surface area contributed by atoms with Gasteiger partial charge in [0.1, 0.15) is 0 Å². The molecule has 0 aromatic heterocycles. The average molecular weight is 198 g/mol. The van der Waals surface area contributed by atoms with Gasteiger partial charge in [0.05, 0.1) is 13.5 Å². The Labute approximate surface area is 76.0 Å². The Bertz CT molecular complexity index is 113. The summed E-state index contributed by atoms with van der Waals surface area (Å²) in [5.41, 5.74) is 0. The number of carbonyl (C=O) groups excluding carboxylic acids is 1. The third-order valence-electron chi connectivity index (χ3n) is 0.935. The van der Waals surface area contributed by atoms with E-state index in [1.54, 1.807) is 0 Å². The van der Waals surface area contributed by atoms with Crippen molar-refractivity contribution in [3.05, 3.63) is 0 Å². The van der Waals surface area contributed by atoms with Crippen LogP contribution in [0.25, 0.3) is 0 Å². The first-order chi connectivity index (χ1) is 5.31. The molecule has 0 atom stereocenters. The molecule has 0 aromatic rings. The summed E-state index contributed by atoms with van der Waals surface area (Å²) in [5.74, 6) is 1.14. The maximum Gasteiger partial charge on any atom is 0.306 e. The Kier molecular flexibility index (Phi) is 8.22. The summed E-state index contributed by atoms with van der Waals surface area (Å²) in [5, 5.41) is 0. The van der Waals surface area contributed by atoms with E-state index in [-0.39, 0.29) is 5.97 Å².